The van der Waals surface area contributed by atoms with Crippen LogP contribution in [-0.4, -0.2) is 54.0 Å². The number of nitrogens with zero attached hydrogens (tertiary/aromatic N) is 4. The van der Waals surface area contributed by atoms with E-state index in [0.717, 1.165) is 86.4 Å². The number of pyridine rings is 1. The molecule has 0 radical (unpaired) electrons. The molecule has 4 heterocycles. The molecule has 0 spiro atoms. The average Bonchev–Trinajstić information content (AvgIpc) is 3.47. The average molecular weight is 454 g/mol. The summed E-state index contributed by atoms with van der Waals surface area (Å²) in [5, 5.41) is 8.54. The van der Waals surface area contributed by atoms with E-state index in [1.807, 2.05) is 19.9 Å². The summed E-state index contributed by atoms with van der Waals surface area (Å²) in [4.78, 5) is 11.6. The molecule has 3 aromatic rings. The Morgan fingerprint density at radius 2 is 1.97 bits per heavy atom. The van der Waals surface area contributed by atoms with Crippen molar-refractivity contribution in [3.63, 3.8) is 0 Å². The third-order valence-electron chi connectivity index (χ3n) is 7.02. The van der Waals surface area contributed by atoms with Crippen LogP contribution in [0.15, 0.2) is 16.7 Å². The molecule has 0 bridgehead atoms. The molecule has 0 saturated carbocycles. The van der Waals surface area contributed by atoms with Crippen LogP contribution < -0.4 is 10.2 Å². The van der Waals surface area contributed by atoms with Gasteiger partial charge in [0.05, 0.1) is 5.56 Å². The molecule has 2 aromatic heterocycles. The Morgan fingerprint density at radius 1 is 1.15 bits per heavy atom. The van der Waals surface area contributed by atoms with Crippen LogP contribution in [0.3, 0.4) is 0 Å². The Balaban J connectivity index is 1.48. The molecule has 1 atom stereocenters. The predicted octanol–water partition coefficient (Wildman–Crippen LogP) is 4.20. The first-order valence-corrected chi connectivity index (χ1v) is 12.0. The second-order valence-electron chi connectivity index (χ2n) is 9.31. The maximum absolute atomic E-state index is 15.1. The van der Waals surface area contributed by atoms with E-state index in [0.29, 0.717) is 29.2 Å². The summed E-state index contributed by atoms with van der Waals surface area (Å²) in [6, 6.07) is 3.99. The van der Waals surface area contributed by atoms with Crippen LogP contribution in [0.5, 0.6) is 0 Å². The third kappa shape index (κ3) is 4.46. The molecule has 1 N–H and O–H groups in total. The summed E-state index contributed by atoms with van der Waals surface area (Å²) in [6.45, 7) is 10.2. The van der Waals surface area contributed by atoms with Gasteiger partial charge in [-0.2, -0.15) is 4.98 Å². The standard InChI is InChI=1S/C25H32FN5O2/c1-4-17-11-20-15(2)22(25-28-16(3)30-33-25)24(29-23(20)21(26)12-17)31-8-5-19(14-31)27-13-18-6-9-32-10-7-18/h11-12,18-19,27H,4-10,13-14H2,1-3H3. The topological polar surface area (TPSA) is 76.3 Å². The van der Waals surface area contributed by atoms with E-state index in [1.165, 1.54) is 0 Å². The van der Waals surface area contributed by atoms with E-state index in [2.05, 4.69) is 20.4 Å². The van der Waals surface area contributed by atoms with Crippen LogP contribution in [0.2, 0.25) is 0 Å². The second-order valence-corrected chi connectivity index (χ2v) is 9.31. The van der Waals surface area contributed by atoms with Gasteiger partial charge in [0, 0.05) is 37.7 Å². The number of hydrogen-bond donors (Lipinski definition) is 1. The first-order valence-electron chi connectivity index (χ1n) is 12.0. The highest BCUT2D eigenvalue weighted by Gasteiger charge is 2.30. The summed E-state index contributed by atoms with van der Waals surface area (Å²) in [7, 11) is 0. The zero-order valence-corrected chi connectivity index (χ0v) is 19.7. The largest absolute Gasteiger partial charge is 0.381 e. The fraction of sp³-hybridized carbons (Fsp3) is 0.560. The molecule has 176 valence electrons. The van der Waals surface area contributed by atoms with Crippen molar-refractivity contribution >= 4 is 16.7 Å². The van der Waals surface area contributed by atoms with Crippen LogP contribution in [0.25, 0.3) is 22.4 Å². The molecular formula is C25H32FN5O2. The highest BCUT2D eigenvalue weighted by molar-refractivity contribution is 5.93. The monoisotopic (exact) mass is 453 g/mol. The molecule has 2 fully saturated rings. The van der Waals surface area contributed by atoms with E-state index >= 15 is 4.39 Å². The van der Waals surface area contributed by atoms with Crippen LogP contribution in [0.4, 0.5) is 10.2 Å². The molecular weight excluding hydrogens is 421 g/mol. The van der Waals surface area contributed by atoms with Gasteiger partial charge in [0.15, 0.2) is 5.82 Å². The number of ether oxygens (including phenoxy) is 1. The summed E-state index contributed by atoms with van der Waals surface area (Å²) >= 11 is 0. The summed E-state index contributed by atoms with van der Waals surface area (Å²) in [5.41, 5.74) is 3.08. The SMILES string of the molecule is CCc1cc(F)c2nc(N3CCC(NCC4CCOCC4)C3)c(-c3nc(C)no3)c(C)c2c1. The lowest BCUT2D eigenvalue weighted by Crippen LogP contribution is -2.37. The zero-order chi connectivity index (χ0) is 22.9. The number of fused-ring (bicyclic) bond motifs is 1. The van der Waals surface area contributed by atoms with Gasteiger partial charge in [0.2, 0.25) is 0 Å². The number of nitrogens with one attached hydrogen (secondary N) is 1. The minimum absolute atomic E-state index is 0.282. The van der Waals surface area contributed by atoms with Crippen molar-refractivity contribution in [2.24, 2.45) is 5.92 Å². The smallest absolute Gasteiger partial charge is 0.261 e. The lowest BCUT2D eigenvalue weighted by Gasteiger charge is -2.25. The van der Waals surface area contributed by atoms with E-state index in [9.17, 15) is 0 Å². The minimum atomic E-state index is -0.282. The summed E-state index contributed by atoms with van der Waals surface area (Å²) < 4.78 is 26.1. The lowest BCUT2D eigenvalue weighted by molar-refractivity contribution is 0.0656. The van der Waals surface area contributed by atoms with Crippen molar-refractivity contribution in [3.8, 4) is 11.5 Å². The minimum Gasteiger partial charge on any atom is -0.381 e. The number of aryl methyl sites for hydroxylation is 3. The molecule has 0 aliphatic carbocycles. The molecule has 0 amide bonds. The summed E-state index contributed by atoms with van der Waals surface area (Å²) in [5.74, 6) is 2.13. The Hall–Kier alpha value is -2.58. The molecule has 2 aliphatic heterocycles. The molecule has 1 aromatic carbocycles. The Bertz CT molecular complexity index is 1140. The quantitative estimate of drug-likeness (QED) is 0.599. The third-order valence-corrected chi connectivity index (χ3v) is 7.02. The van der Waals surface area contributed by atoms with Gasteiger partial charge in [-0.05, 0) is 75.3 Å². The van der Waals surface area contributed by atoms with Crippen LogP contribution in [-0.2, 0) is 11.2 Å². The van der Waals surface area contributed by atoms with Gasteiger partial charge in [-0.3, -0.25) is 0 Å². The van der Waals surface area contributed by atoms with Crippen molar-refractivity contribution in [3.05, 3.63) is 34.9 Å². The van der Waals surface area contributed by atoms with Crippen LogP contribution >= 0.6 is 0 Å². The van der Waals surface area contributed by atoms with Crippen molar-refractivity contribution in [1.82, 2.24) is 20.4 Å². The Labute approximate surface area is 193 Å². The van der Waals surface area contributed by atoms with Crippen molar-refractivity contribution < 1.29 is 13.7 Å². The van der Waals surface area contributed by atoms with Gasteiger partial charge in [-0.1, -0.05) is 12.1 Å². The highest BCUT2D eigenvalue weighted by Crippen LogP contribution is 2.38. The highest BCUT2D eigenvalue weighted by atomic mass is 19.1. The van der Waals surface area contributed by atoms with Gasteiger partial charge in [0.1, 0.15) is 17.2 Å². The molecule has 2 saturated heterocycles. The molecule has 1 unspecified atom stereocenters. The zero-order valence-electron chi connectivity index (χ0n) is 19.7. The van der Waals surface area contributed by atoms with E-state index < -0.39 is 0 Å². The number of rotatable bonds is 6. The number of benzene rings is 1. The van der Waals surface area contributed by atoms with Gasteiger partial charge in [-0.25, -0.2) is 9.37 Å². The first kappa shape index (κ1) is 22.2. The Kier molecular flexibility index (Phi) is 6.29. The fourth-order valence-electron chi connectivity index (χ4n) is 5.01. The molecule has 5 rings (SSSR count). The van der Waals surface area contributed by atoms with Crippen molar-refractivity contribution in [2.45, 2.75) is 52.5 Å². The number of aromatic nitrogens is 3. The van der Waals surface area contributed by atoms with Crippen molar-refractivity contribution in [2.75, 3.05) is 37.7 Å². The predicted molar refractivity (Wildman–Crippen MR) is 126 cm³/mol. The van der Waals surface area contributed by atoms with Gasteiger partial charge < -0.3 is 19.5 Å². The number of anilines is 1. The lowest BCUT2D eigenvalue weighted by atomic mass is 10.00. The summed E-state index contributed by atoms with van der Waals surface area (Å²) in [6.07, 6.45) is 4.01. The van der Waals surface area contributed by atoms with Gasteiger partial charge in [-0.15, -0.1) is 0 Å². The van der Waals surface area contributed by atoms with E-state index in [1.54, 1.807) is 13.0 Å². The van der Waals surface area contributed by atoms with Crippen LogP contribution in [0, 0.1) is 25.6 Å². The normalized spacial score (nSPS) is 19.6. The number of halogens is 1. The molecule has 8 heteroatoms. The van der Waals surface area contributed by atoms with Gasteiger partial charge >= 0.3 is 0 Å². The first-order chi connectivity index (χ1) is 16.0. The van der Waals surface area contributed by atoms with E-state index in [-0.39, 0.29) is 5.82 Å². The molecule has 2 aliphatic rings. The van der Waals surface area contributed by atoms with E-state index in [4.69, 9.17) is 14.2 Å². The van der Waals surface area contributed by atoms with Crippen molar-refractivity contribution in [1.29, 1.82) is 0 Å². The Morgan fingerprint density at radius 3 is 2.70 bits per heavy atom. The number of hydrogen-bond acceptors (Lipinski definition) is 7. The van der Waals surface area contributed by atoms with Crippen LogP contribution in [0.1, 0.15) is 43.1 Å². The van der Waals surface area contributed by atoms with Gasteiger partial charge in [0.25, 0.3) is 5.89 Å². The maximum atomic E-state index is 15.1. The maximum Gasteiger partial charge on any atom is 0.261 e. The fourth-order valence-corrected chi connectivity index (χ4v) is 5.01. The molecule has 7 nitrogen and oxygen atoms in total. The second kappa shape index (κ2) is 9.35. The molecule has 33 heavy (non-hydrogen) atoms.